The Morgan fingerprint density at radius 2 is 1.68 bits per heavy atom. The van der Waals surface area contributed by atoms with E-state index in [1.807, 2.05) is 0 Å². The highest BCUT2D eigenvalue weighted by atomic mass is 16.7. The molecule has 6 heteroatoms. The first-order chi connectivity index (χ1) is 8.93. The van der Waals surface area contributed by atoms with E-state index in [1.165, 1.54) is 14.2 Å². The first-order valence-electron chi connectivity index (χ1n) is 5.66. The van der Waals surface area contributed by atoms with E-state index in [0.717, 1.165) is 12.2 Å². The lowest BCUT2D eigenvalue weighted by molar-refractivity contribution is -0.255. The van der Waals surface area contributed by atoms with Crippen molar-refractivity contribution in [3.8, 4) is 0 Å². The van der Waals surface area contributed by atoms with Crippen LogP contribution in [-0.4, -0.2) is 44.7 Å². The Labute approximate surface area is 113 Å². The molecule has 108 valence electrons. The molecule has 0 aromatic heterocycles. The number of ether oxygens (including phenoxy) is 4. The average Bonchev–Trinajstić information content (AvgIpc) is 2.44. The van der Waals surface area contributed by atoms with Gasteiger partial charge in [-0.3, -0.25) is 0 Å². The fraction of sp³-hybridized carbons (Fsp3) is 0.538. The second-order valence-electron chi connectivity index (χ2n) is 3.71. The maximum absolute atomic E-state index is 11.3. The Bertz CT molecular complexity index is 332. The number of methoxy groups -OCH3 is 2. The molecule has 0 aliphatic rings. The molecule has 0 aromatic rings. The highest BCUT2D eigenvalue weighted by molar-refractivity contribution is 5.81. The zero-order chi connectivity index (χ0) is 14.9. The molecule has 19 heavy (non-hydrogen) atoms. The summed E-state index contributed by atoms with van der Waals surface area (Å²) in [5.74, 6) is -2.30. The number of hydrogen-bond donors (Lipinski definition) is 0. The average molecular weight is 272 g/mol. The van der Waals surface area contributed by atoms with E-state index >= 15 is 0 Å². The van der Waals surface area contributed by atoms with E-state index in [2.05, 4.69) is 13.2 Å². The van der Waals surface area contributed by atoms with Crippen LogP contribution in [0.25, 0.3) is 0 Å². The second kappa shape index (κ2) is 8.44. The summed E-state index contributed by atoms with van der Waals surface area (Å²) in [7, 11) is 2.85. The zero-order valence-corrected chi connectivity index (χ0v) is 11.5. The highest BCUT2D eigenvalue weighted by Gasteiger charge is 2.37. The van der Waals surface area contributed by atoms with Crippen LogP contribution in [0.3, 0.4) is 0 Å². The van der Waals surface area contributed by atoms with E-state index in [0.29, 0.717) is 0 Å². The summed E-state index contributed by atoms with van der Waals surface area (Å²) >= 11 is 0. The Kier molecular flexibility index (Phi) is 7.71. The third-order valence-electron chi connectivity index (χ3n) is 2.61. The van der Waals surface area contributed by atoms with Gasteiger partial charge in [-0.05, 0) is 6.92 Å². The monoisotopic (exact) mass is 272 g/mol. The lowest BCUT2D eigenvalue weighted by Gasteiger charge is -2.34. The van der Waals surface area contributed by atoms with Crippen molar-refractivity contribution in [3.63, 3.8) is 0 Å². The van der Waals surface area contributed by atoms with Crippen molar-refractivity contribution in [2.45, 2.75) is 25.2 Å². The Morgan fingerprint density at radius 1 is 1.16 bits per heavy atom. The van der Waals surface area contributed by atoms with Gasteiger partial charge in [0.2, 0.25) is 5.79 Å². The summed E-state index contributed by atoms with van der Waals surface area (Å²) in [5, 5.41) is 0. The SMILES string of the molecule is C=CC(=O)OCCC(OC(=O)C=C)C(C)(OC)OC. The van der Waals surface area contributed by atoms with Gasteiger partial charge >= 0.3 is 11.9 Å². The number of rotatable bonds is 9. The molecule has 0 saturated carbocycles. The van der Waals surface area contributed by atoms with Gasteiger partial charge in [-0.1, -0.05) is 13.2 Å². The first-order valence-corrected chi connectivity index (χ1v) is 5.66. The zero-order valence-electron chi connectivity index (χ0n) is 11.5. The first kappa shape index (κ1) is 17.3. The molecule has 1 unspecified atom stereocenters. The van der Waals surface area contributed by atoms with Crippen LogP contribution in [0.1, 0.15) is 13.3 Å². The molecule has 0 fully saturated rings. The quantitative estimate of drug-likeness (QED) is 0.357. The maximum atomic E-state index is 11.3. The van der Waals surface area contributed by atoms with Gasteiger partial charge in [-0.25, -0.2) is 9.59 Å². The van der Waals surface area contributed by atoms with Gasteiger partial charge in [-0.15, -0.1) is 0 Å². The van der Waals surface area contributed by atoms with Crippen LogP contribution in [-0.2, 0) is 28.5 Å². The standard InChI is InChI=1S/C13H20O6/c1-6-11(14)18-9-8-10(19-12(15)7-2)13(3,16-4)17-5/h6-7,10H,1-2,8-9H2,3-5H3. The minimum atomic E-state index is -1.14. The van der Waals surface area contributed by atoms with Crippen LogP contribution in [0.15, 0.2) is 25.3 Å². The largest absolute Gasteiger partial charge is 0.462 e. The molecule has 6 nitrogen and oxygen atoms in total. The van der Waals surface area contributed by atoms with Gasteiger partial charge in [-0.2, -0.15) is 0 Å². The van der Waals surface area contributed by atoms with E-state index in [4.69, 9.17) is 18.9 Å². The van der Waals surface area contributed by atoms with Crippen molar-refractivity contribution in [1.82, 2.24) is 0 Å². The summed E-state index contributed by atoms with van der Waals surface area (Å²) in [5.41, 5.74) is 0. The Hall–Kier alpha value is -1.66. The minimum Gasteiger partial charge on any atom is -0.462 e. The summed E-state index contributed by atoms with van der Waals surface area (Å²) < 4.78 is 20.3. The predicted octanol–water partition coefficient (Wildman–Crippen LogP) is 1.21. The molecule has 0 aliphatic carbocycles. The van der Waals surface area contributed by atoms with Crippen molar-refractivity contribution in [2.75, 3.05) is 20.8 Å². The molecule has 0 heterocycles. The summed E-state index contributed by atoms with van der Waals surface area (Å²) in [6.45, 7) is 8.25. The molecule has 0 bridgehead atoms. The lowest BCUT2D eigenvalue weighted by Crippen LogP contribution is -2.46. The van der Waals surface area contributed by atoms with Crippen LogP contribution >= 0.6 is 0 Å². The van der Waals surface area contributed by atoms with E-state index in [1.54, 1.807) is 6.92 Å². The number of esters is 2. The van der Waals surface area contributed by atoms with Crippen molar-refractivity contribution >= 4 is 11.9 Å². The van der Waals surface area contributed by atoms with Crippen molar-refractivity contribution in [1.29, 1.82) is 0 Å². The molecule has 0 N–H and O–H groups in total. The van der Waals surface area contributed by atoms with Gasteiger partial charge in [0, 0.05) is 32.8 Å². The van der Waals surface area contributed by atoms with Crippen molar-refractivity contribution in [3.05, 3.63) is 25.3 Å². The van der Waals surface area contributed by atoms with E-state index in [-0.39, 0.29) is 13.0 Å². The van der Waals surface area contributed by atoms with Gasteiger partial charge in [0.05, 0.1) is 6.61 Å². The third kappa shape index (κ3) is 5.67. The van der Waals surface area contributed by atoms with Crippen LogP contribution < -0.4 is 0 Å². The topological polar surface area (TPSA) is 71.1 Å². The fourth-order valence-corrected chi connectivity index (χ4v) is 1.29. The number of carbonyl (C=O) groups excluding carboxylic acids is 2. The van der Waals surface area contributed by atoms with Crippen molar-refractivity contribution in [2.24, 2.45) is 0 Å². The molecular weight excluding hydrogens is 252 g/mol. The minimum absolute atomic E-state index is 0.0439. The van der Waals surface area contributed by atoms with Gasteiger partial charge in [0.1, 0.15) is 0 Å². The Morgan fingerprint density at radius 3 is 2.11 bits per heavy atom. The molecule has 0 spiro atoms. The summed E-state index contributed by atoms with van der Waals surface area (Å²) in [6.07, 6.45) is 1.56. The summed E-state index contributed by atoms with van der Waals surface area (Å²) in [4.78, 5) is 22.2. The molecule has 0 aliphatic heterocycles. The van der Waals surface area contributed by atoms with Gasteiger partial charge in [0.15, 0.2) is 6.10 Å². The second-order valence-corrected chi connectivity index (χ2v) is 3.71. The number of carbonyl (C=O) groups is 2. The van der Waals surface area contributed by atoms with Crippen LogP contribution in [0.2, 0.25) is 0 Å². The molecule has 1 atom stereocenters. The van der Waals surface area contributed by atoms with Crippen LogP contribution in [0.5, 0.6) is 0 Å². The molecule has 0 aromatic carbocycles. The molecule has 0 rings (SSSR count). The Balaban J connectivity index is 4.66. The molecule has 0 amide bonds. The van der Waals surface area contributed by atoms with Gasteiger partial charge in [0.25, 0.3) is 0 Å². The molecule has 0 radical (unpaired) electrons. The van der Waals surface area contributed by atoms with Crippen LogP contribution in [0.4, 0.5) is 0 Å². The highest BCUT2D eigenvalue weighted by Crippen LogP contribution is 2.22. The lowest BCUT2D eigenvalue weighted by atomic mass is 10.1. The predicted molar refractivity (Wildman–Crippen MR) is 68.3 cm³/mol. The van der Waals surface area contributed by atoms with E-state index in [9.17, 15) is 9.59 Å². The summed E-state index contributed by atoms with van der Waals surface area (Å²) in [6, 6.07) is 0. The normalized spacial score (nSPS) is 12.4. The number of hydrogen-bond acceptors (Lipinski definition) is 6. The maximum Gasteiger partial charge on any atom is 0.330 e. The van der Waals surface area contributed by atoms with Crippen LogP contribution in [0, 0.1) is 0 Å². The van der Waals surface area contributed by atoms with Crippen molar-refractivity contribution < 1.29 is 28.5 Å². The molecule has 0 saturated heterocycles. The third-order valence-corrected chi connectivity index (χ3v) is 2.61. The van der Waals surface area contributed by atoms with Gasteiger partial charge < -0.3 is 18.9 Å². The smallest absolute Gasteiger partial charge is 0.330 e. The molecular formula is C13H20O6. The van der Waals surface area contributed by atoms with E-state index < -0.39 is 23.8 Å². The fourth-order valence-electron chi connectivity index (χ4n) is 1.29.